The van der Waals surface area contributed by atoms with Gasteiger partial charge >= 0.3 is 0 Å². The SMILES string of the molecule is CCC(CC)c1ccc(C(=C2C=CC(=O)c3ncccc32)c2ccc(N(CC)CC)cc2)cc1. The Bertz CT molecular complexity index is 1140. The second-order valence-corrected chi connectivity index (χ2v) is 8.74. The minimum atomic E-state index is -0.0420. The molecule has 0 fully saturated rings. The topological polar surface area (TPSA) is 33.2 Å². The number of benzene rings is 2. The van der Waals surface area contributed by atoms with Crippen LogP contribution in [0.5, 0.6) is 0 Å². The van der Waals surface area contributed by atoms with Crippen molar-refractivity contribution in [2.24, 2.45) is 0 Å². The summed E-state index contributed by atoms with van der Waals surface area (Å²) >= 11 is 0. The minimum absolute atomic E-state index is 0.0420. The first kappa shape index (κ1) is 23.7. The van der Waals surface area contributed by atoms with Crippen molar-refractivity contribution >= 4 is 22.6 Å². The van der Waals surface area contributed by atoms with Crippen molar-refractivity contribution in [3.8, 4) is 0 Å². The molecule has 0 atom stereocenters. The molecule has 3 aromatic rings. The molecule has 0 saturated carbocycles. The van der Waals surface area contributed by atoms with Gasteiger partial charge in [-0.2, -0.15) is 0 Å². The molecule has 3 heteroatoms. The van der Waals surface area contributed by atoms with Gasteiger partial charge in [-0.3, -0.25) is 9.78 Å². The van der Waals surface area contributed by atoms with Gasteiger partial charge in [0, 0.05) is 30.5 Å². The predicted octanol–water partition coefficient (Wildman–Crippen LogP) is 7.54. The Labute approximate surface area is 203 Å². The van der Waals surface area contributed by atoms with E-state index in [2.05, 4.69) is 86.1 Å². The lowest BCUT2D eigenvalue weighted by Crippen LogP contribution is -2.21. The Morgan fingerprint density at radius 3 is 2.03 bits per heavy atom. The Morgan fingerprint density at radius 1 is 0.824 bits per heavy atom. The summed E-state index contributed by atoms with van der Waals surface area (Å²) in [6.07, 6.45) is 7.57. The van der Waals surface area contributed by atoms with Crippen LogP contribution in [0.2, 0.25) is 0 Å². The van der Waals surface area contributed by atoms with Gasteiger partial charge in [-0.15, -0.1) is 0 Å². The highest BCUT2D eigenvalue weighted by atomic mass is 16.1. The van der Waals surface area contributed by atoms with Crippen LogP contribution < -0.4 is 4.90 Å². The number of ketones is 1. The number of allylic oxidation sites excluding steroid dienone is 3. The highest BCUT2D eigenvalue weighted by Gasteiger charge is 2.22. The third-order valence-electron chi connectivity index (χ3n) is 6.94. The fourth-order valence-corrected chi connectivity index (χ4v) is 4.95. The quantitative estimate of drug-likeness (QED) is 0.355. The van der Waals surface area contributed by atoms with E-state index in [1.807, 2.05) is 18.2 Å². The van der Waals surface area contributed by atoms with Gasteiger partial charge in [-0.05, 0) is 90.8 Å². The average Bonchev–Trinajstić information content (AvgIpc) is 2.89. The van der Waals surface area contributed by atoms with Crippen molar-refractivity contribution in [1.29, 1.82) is 0 Å². The number of nitrogens with zero attached hydrogens (tertiary/aromatic N) is 2. The predicted molar refractivity (Wildman–Crippen MR) is 143 cm³/mol. The molecule has 0 spiro atoms. The zero-order valence-electron chi connectivity index (χ0n) is 20.7. The van der Waals surface area contributed by atoms with Crippen molar-refractivity contribution in [2.45, 2.75) is 46.5 Å². The van der Waals surface area contributed by atoms with Crippen LogP contribution in [-0.4, -0.2) is 23.9 Å². The second-order valence-electron chi connectivity index (χ2n) is 8.74. The van der Waals surface area contributed by atoms with Gasteiger partial charge in [-0.1, -0.05) is 56.3 Å². The van der Waals surface area contributed by atoms with Crippen LogP contribution in [0.15, 0.2) is 79.0 Å². The number of hydrogen-bond donors (Lipinski definition) is 0. The van der Waals surface area contributed by atoms with E-state index in [-0.39, 0.29) is 5.78 Å². The molecule has 174 valence electrons. The smallest absolute Gasteiger partial charge is 0.204 e. The van der Waals surface area contributed by atoms with Crippen LogP contribution in [0.3, 0.4) is 0 Å². The van der Waals surface area contributed by atoms with Gasteiger partial charge in [0.1, 0.15) is 5.69 Å². The molecule has 1 heterocycles. The molecule has 0 amide bonds. The average molecular weight is 451 g/mol. The van der Waals surface area contributed by atoms with Crippen molar-refractivity contribution in [2.75, 3.05) is 18.0 Å². The molecule has 0 N–H and O–H groups in total. The van der Waals surface area contributed by atoms with E-state index < -0.39 is 0 Å². The standard InChI is InChI=1S/C31H34N2O/c1-5-22(6-2)23-11-13-24(14-12-23)30(25-15-17-26(18-16-25)33(7-3)8-4)27-19-20-29(34)31-28(27)10-9-21-32-31/h9-22H,5-8H2,1-4H3. The fourth-order valence-electron chi connectivity index (χ4n) is 4.95. The van der Waals surface area contributed by atoms with Crippen molar-refractivity contribution in [3.63, 3.8) is 0 Å². The highest BCUT2D eigenvalue weighted by molar-refractivity contribution is 6.15. The van der Waals surface area contributed by atoms with Gasteiger partial charge in [0.15, 0.2) is 0 Å². The minimum Gasteiger partial charge on any atom is -0.372 e. The molecular formula is C31H34N2O. The zero-order valence-corrected chi connectivity index (χ0v) is 20.7. The Morgan fingerprint density at radius 2 is 1.44 bits per heavy atom. The molecule has 1 aliphatic rings. The Hall–Kier alpha value is -3.46. The molecule has 0 unspecified atom stereocenters. The van der Waals surface area contributed by atoms with E-state index in [1.54, 1.807) is 12.3 Å². The summed E-state index contributed by atoms with van der Waals surface area (Å²) in [4.78, 5) is 19.3. The largest absolute Gasteiger partial charge is 0.372 e. The lowest BCUT2D eigenvalue weighted by molar-refractivity contribution is 0.104. The molecule has 2 aromatic carbocycles. The van der Waals surface area contributed by atoms with Gasteiger partial charge in [-0.25, -0.2) is 0 Å². The number of carbonyl (C=O) groups excluding carboxylic acids is 1. The fraction of sp³-hybridized carbons (Fsp3) is 0.290. The molecule has 0 saturated heterocycles. The number of fused-ring (bicyclic) bond motifs is 1. The van der Waals surface area contributed by atoms with Crippen LogP contribution in [0.25, 0.3) is 11.1 Å². The summed E-state index contributed by atoms with van der Waals surface area (Å²) in [5.41, 5.74) is 8.45. The first-order chi connectivity index (χ1) is 16.6. The van der Waals surface area contributed by atoms with E-state index in [1.165, 1.54) is 11.3 Å². The van der Waals surface area contributed by atoms with Crippen LogP contribution in [0, 0.1) is 0 Å². The van der Waals surface area contributed by atoms with Crippen molar-refractivity contribution in [3.05, 3.63) is 107 Å². The molecule has 0 aliphatic heterocycles. The van der Waals surface area contributed by atoms with E-state index in [4.69, 9.17) is 0 Å². The summed E-state index contributed by atoms with van der Waals surface area (Å²) in [6, 6.07) is 21.7. The number of anilines is 1. The summed E-state index contributed by atoms with van der Waals surface area (Å²) in [5, 5.41) is 0. The molecule has 0 bridgehead atoms. The van der Waals surface area contributed by atoms with Gasteiger partial charge in [0.25, 0.3) is 0 Å². The number of pyridine rings is 1. The first-order valence-electron chi connectivity index (χ1n) is 12.5. The maximum absolute atomic E-state index is 12.5. The first-order valence-corrected chi connectivity index (χ1v) is 12.5. The molecule has 34 heavy (non-hydrogen) atoms. The number of carbonyl (C=O) groups is 1. The van der Waals surface area contributed by atoms with Crippen molar-refractivity contribution < 1.29 is 4.79 Å². The summed E-state index contributed by atoms with van der Waals surface area (Å²) in [7, 11) is 0. The Balaban J connectivity index is 1.89. The lowest BCUT2D eigenvalue weighted by atomic mass is 9.84. The third-order valence-corrected chi connectivity index (χ3v) is 6.94. The second kappa shape index (κ2) is 10.6. The van der Waals surface area contributed by atoms with E-state index in [9.17, 15) is 4.79 Å². The van der Waals surface area contributed by atoms with Crippen LogP contribution in [0.1, 0.15) is 79.2 Å². The Kier molecular flexibility index (Phi) is 7.42. The van der Waals surface area contributed by atoms with E-state index in [0.717, 1.165) is 53.8 Å². The molecule has 4 rings (SSSR count). The number of hydrogen-bond acceptors (Lipinski definition) is 3. The van der Waals surface area contributed by atoms with Crippen LogP contribution in [-0.2, 0) is 0 Å². The van der Waals surface area contributed by atoms with Crippen molar-refractivity contribution in [1.82, 2.24) is 4.98 Å². The normalized spacial score (nSPS) is 14.3. The van der Waals surface area contributed by atoms with Gasteiger partial charge in [0.05, 0.1) is 0 Å². The molecule has 1 aliphatic carbocycles. The maximum Gasteiger partial charge on any atom is 0.204 e. The molecule has 3 nitrogen and oxygen atoms in total. The van der Waals surface area contributed by atoms with Gasteiger partial charge in [0.2, 0.25) is 5.78 Å². The zero-order chi connectivity index (χ0) is 24.1. The third kappa shape index (κ3) is 4.61. The summed E-state index contributed by atoms with van der Waals surface area (Å²) in [5.74, 6) is 0.537. The number of rotatable bonds is 8. The van der Waals surface area contributed by atoms with E-state index in [0.29, 0.717) is 11.6 Å². The monoisotopic (exact) mass is 450 g/mol. The van der Waals surface area contributed by atoms with Crippen LogP contribution in [0.4, 0.5) is 5.69 Å². The maximum atomic E-state index is 12.5. The van der Waals surface area contributed by atoms with Crippen LogP contribution >= 0.6 is 0 Å². The van der Waals surface area contributed by atoms with Gasteiger partial charge < -0.3 is 4.90 Å². The summed E-state index contributed by atoms with van der Waals surface area (Å²) < 4.78 is 0. The number of aromatic nitrogens is 1. The summed E-state index contributed by atoms with van der Waals surface area (Å²) in [6.45, 7) is 10.8. The van der Waals surface area contributed by atoms with E-state index >= 15 is 0 Å². The molecule has 1 aromatic heterocycles. The molecular weight excluding hydrogens is 416 g/mol. The molecule has 0 radical (unpaired) electrons. The lowest BCUT2D eigenvalue weighted by Gasteiger charge is -2.23. The highest BCUT2D eigenvalue weighted by Crippen LogP contribution is 2.37.